The molecule has 0 spiro atoms. The molecule has 2 fully saturated rings. The third-order valence-electron chi connectivity index (χ3n) is 6.22. The third-order valence-corrected chi connectivity index (χ3v) is 6.71. The second kappa shape index (κ2) is 11.2. The Morgan fingerprint density at radius 1 is 0.903 bits per heavy atom. The average molecular weight is 486 g/mol. The monoisotopic (exact) mass is 485 g/mol. The van der Waals surface area contributed by atoms with Crippen LogP contribution in [-0.4, -0.2) is 55.1 Å². The number of morpholine rings is 1. The van der Waals surface area contributed by atoms with Crippen molar-refractivity contribution in [1.82, 2.24) is 15.1 Å². The molecule has 0 saturated carbocycles. The fourth-order valence-corrected chi connectivity index (χ4v) is 4.88. The highest BCUT2D eigenvalue weighted by Gasteiger charge is 2.24. The summed E-state index contributed by atoms with van der Waals surface area (Å²) in [5.74, 6) is 0.316. The topological polar surface area (TPSA) is 44.8 Å². The van der Waals surface area contributed by atoms with E-state index >= 15 is 0 Å². The number of hydrogen-bond acceptors (Lipinski definition) is 4. The summed E-state index contributed by atoms with van der Waals surface area (Å²) in [7, 11) is 0. The van der Waals surface area contributed by atoms with Gasteiger partial charge in [-0.15, -0.1) is 0 Å². The van der Waals surface area contributed by atoms with Crippen LogP contribution in [0.25, 0.3) is 0 Å². The lowest BCUT2D eigenvalue weighted by atomic mass is 9.95. The summed E-state index contributed by atoms with van der Waals surface area (Å²) in [6, 6.07) is 17.1. The zero-order valence-corrected chi connectivity index (χ0v) is 19.6. The second-order valence-electron chi connectivity index (χ2n) is 8.61. The van der Waals surface area contributed by atoms with Crippen LogP contribution in [0.2, 0.25) is 0 Å². The Kier molecular flexibility index (Phi) is 8.14. The zero-order valence-electron chi connectivity index (χ0n) is 18.1. The molecular weight excluding hydrogens is 454 g/mol. The first-order valence-electron chi connectivity index (χ1n) is 11.3. The maximum absolute atomic E-state index is 12.7. The number of carbonyl (C=O) groups is 1. The predicted octanol–water partition coefficient (Wildman–Crippen LogP) is 3.81. The molecule has 1 N–H and O–H groups in total. The number of piperidine rings is 1. The van der Waals surface area contributed by atoms with Crippen molar-refractivity contribution in [2.45, 2.75) is 32.5 Å². The summed E-state index contributed by atoms with van der Waals surface area (Å²) >= 11 is 3.54. The van der Waals surface area contributed by atoms with Crippen LogP contribution in [-0.2, 0) is 29.2 Å². The van der Waals surface area contributed by atoms with Gasteiger partial charge in [-0.1, -0.05) is 52.3 Å². The smallest absolute Gasteiger partial charge is 0.223 e. The van der Waals surface area contributed by atoms with Gasteiger partial charge >= 0.3 is 0 Å². The van der Waals surface area contributed by atoms with Gasteiger partial charge in [-0.3, -0.25) is 14.6 Å². The molecule has 2 aromatic rings. The molecule has 2 aliphatic heterocycles. The predicted molar refractivity (Wildman–Crippen MR) is 127 cm³/mol. The zero-order chi connectivity index (χ0) is 21.5. The van der Waals surface area contributed by atoms with Gasteiger partial charge in [0, 0.05) is 43.1 Å². The third kappa shape index (κ3) is 6.88. The number of rotatable bonds is 7. The summed E-state index contributed by atoms with van der Waals surface area (Å²) < 4.78 is 6.55. The van der Waals surface area contributed by atoms with Gasteiger partial charge in [-0.2, -0.15) is 0 Å². The van der Waals surface area contributed by atoms with E-state index in [4.69, 9.17) is 4.74 Å². The Hall–Kier alpha value is -1.73. The molecule has 0 aromatic heterocycles. The maximum atomic E-state index is 12.7. The van der Waals surface area contributed by atoms with E-state index in [0.717, 1.165) is 69.8 Å². The van der Waals surface area contributed by atoms with E-state index < -0.39 is 0 Å². The van der Waals surface area contributed by atoms with E-state index in [2.05, 4.69) is 79.6 Å². The van der Waals surface area contributed by atoms with Crippen LogP contribution in [0.4, 0.5) is 0 Å². The standard InChI is InChI=1S/C25H32BrN3O2/c26-24-6-2-5-22(16-24)19-28-9-7-23(8-10-28)25(30)27-17-20-3-1-4-21(15-20)18-29-11-13-31-14-12-29/h1-6,15-16,23H,7-14,17-19H2,(H,27,30). The van der Waals surface area contributed by atoms with Gasteiger partial charge in [0.1, 0.15) is 0 Å². The fraction of sp³-hybridized carbons (Fsp3) is 0.480. The number of nitrogens with zero attached hydrogens (tertiary/aromatic N) is 2. The summed E-state index contributed by atoms with van der Waals surface area (Å²) in [6.07, 6.45) is 1.85. The molecule has 2 aliphatic rings. The van der Waals surface area contributed by atoms with Gasteiger partial charge in [-0.05, 0) is 54.8 Å². The number of nitrogens with one attached hydrogen (secondary N) is 1. The van der Waals surface area contributed by atoms with E-state index in [1.165, 1.54) is 16.7 Å². The number of ether oxygens (including phenoxy) is 1. The molecule has 0 aliphatic carbocycles. The van der Waals surface area contributed by atoms with Crippen molar-refractivity contribution >= 4 is 21.8 Å². The van der Waals surface area contributed by atoms with Crippen molar-refractivity contribution < 1.29 is 9.53 Å². The minimum Gasteiger partial charge on any atom is -0.379 e. The molecule has 4 rings (SSSR count). The lowest BCUT2D eigenvalue weighted by Gasteiger charge is -2.31. The maximum Gasteiger partial charge on any atom is 0.223 e. The SMILES string of the molecule is O=C(NCc1cccc(CN2CCOCC2)c1)C1CCN(Cc2cccc(Br)c2)CC1. The number of carbonyl (C=O) groups excluding carboxylic acids is 1. The Bertz CT molecular complexity index is 861. The highest BCUT2D eigenvalue weighted by Crippen LogP contribution is 2.21. The molecule has 2 saturated heterocycles. The molecule has 31 heavy (non-hydrogen) atoms. The summed E-state index contributed by atoms with van der Waals surface area (Å²) in [4.78, 5) is 17.6. The molecule has 6 heteroatoms. The van der Waals surface area contributed by atoms with Gasteiger partial charge < -0.3 is 10.1 Å². The van der Waals surface area contributed by atoms with Crippen LogP contribution in [0.15, 0.2) is 53.0 Å². The molecule has 2 heterocycles. The first-order valence-corrected chi connectivity index (χ1v) is 12.1. The van der Waals surface area contributed by atoms with Crippen molar-refractivity contribution in [2.75, 3.05) is 39.4 Å². The Morgan fingerprint density at radius 2 is 1.52 bits per heavy atom. The molecule has 0 atom stereocenters. The molecule has 0 bridgehead atoms. The van der Waals surface area contributed by atoms with Crippen LogP contribution in [0.5, 0.6) is 0 Å². The quantitative estimate of drug-likeness (QED) is 0.647. The van der Waals surface area contributed by atoms with Crippen molar-refractivity contribution in [3.63, 3.8) is 0 Å². The number of benzene rings is 2. The summed E-state index contributed by atoms with van der Waals surface area (Å²) in [5.41, 5.74) is 3.79. The van der Waals surface area contributed by atoms with E-state index in [1.54, 1.807) is 0 Å². The van der Waals surface area contributed by atoms with Gasteiger partial charge in [-0.25, -0.2) is 0 Å². The van der Waals surface area contributed by atoms with Crippen molar-refractivity contribution in [3.8, 4) is 0 Å². The average Bonchev–Trinajstić information content (AvgIpc) is 2.79. The fourth-order valence-electron chi connectivity index (χ4n) is 4.44. The lowest BCUT2D eigenvalue weighted by molar-refractivity contribution is -0.126. The largest absolute Gasteiger partial charge is 0.379 e. The molecule has 0 radical (unpaired) electrons. The molecule has 166 valence electrons. The Morgan fingerprint density at radius 3 is 2.23 bits per heavy atom. The van der Waals surface area contributed by atoms with Crippen molar-refractivity contribution in [3.05, 3.63) is 69.7 Å². The lowest BCUT2D eigenvalue weighted by Crippen LogP contribution is -2.40. The van der Waals surface area contributed by atoms with E-state index in [9.17, 15) is 4.79 Å². The molecular formula is C25H32BrN3O2. The van der Waals surface area contributed by atoms with Gasteiger partial charge in [0.15, 0.2) is 0 Å². The molecule has 5 nitrogen and oxygen atoms in total. The highest BCUT2D eigenvalue weighted by molar-refractivity contribution is 9.10. The van der Waals surface area contributed by atoms with Crippen LogP contribution >= 0.6 is 15.9 Å². The number of amides is 1. The summed E-state index contributed by atoms with van der Waals surface area (Å²) in [6.45, 7) is 8.05. The molecule has 0 unspecified atom stereocenters. The van der Waals surface area contributed by atoms with Crippen molar-refractivity contribution in [1.29, 1.82) is 0 Å². The van der Waals surface area contributed by atoms with Crippen LogP contribution in [0, 0.1) is 5.92 Å². The highest BCUT2D eigenvalue weighted by atomic mass is 79.9. The second-order valence-corrected chi connectivity index (χ2v) is 9.52. The van der Waals surface area contributed by atoms with Gasteiger partial charge in [0.25, 0.3) is 0 Å². The number of likely N-dealkylation sites (tertiary alicyclic amines) is 1. The molecule has 2 aromatic carbocycles. The van der Waals surface area contributed by atoms with E-state index in [1.807, 2.05) is 0 Å². The van der Waals surface area contributed by atoms with Gasteiger partial charge in [0.05, 0.1) is 13.2 Å². The van der Waals surface area contributed by atoms with Gasteiger partial charge in [0.2, 0.25) is 5.91 Å². The minimum atomic E-state index is 0.121. The van der Waals surface area contributed by atoms with E-state index in [0.29, 0.717) is 6.54 Å². The normalized spacial score (nSPS) is 18.7. The van der Waals surface area contributed by atoms with Crippen molar-refractivity contribution in [2.24, 2.45) is 5.92 Å². The first-order chi connectivity index (χ1) is 15.2. The first kappa shape index (κ1) is 22.5. The van der Waals surface area contributed by atoms with Crippen LogP contribution in [0.3, 0.4) is 0 Å². The number of hydrogen-bond donors (Lipinski definition) is 1. The Labute approximate surface area is 193 Å². The van der Waals surface area contributed by atoms with Crippen LogP contribution in [0.1, 0.15) is 29.5 Å². The number of halogens is 1. The van der Waals surface area contributed by atoms with E-state index in [-0.39, 0.29) is 11.8 Å². The minimum absolute atomic E-state index is 0.121. The molecule has 1 amide bonds. The summed E-state index contributed by atoms with van der Waals surface area (Å²) in [5, 5.41) is 3.17. The Balaban J connectivity index is 1.21. The van der Waals surface area contributed by atoms with Crippen LogP contribution < -0.4 is 5.32 Å².